The summed E-state index contributed by atoms with van der Waals surface area (Å²) in [7, 11) is -3.90. The molecule has 0 aliphatic carbocycles. The van der Waals surface area contributed by atoms with Crippen molar-refractivity contribution in [3.63, 3.8) is 0 Å². The molecule has 0 bridgehead atoms. The number of aliphatic imine (C=N–C) groups is 1. The Morgan fingerprint density at radius 3 is 2.20 bits per heavy atom. The van der Waals surface area contributed by atoms with Gasteiger partial charge in [0.05, 0.1) is 11.3 Å². The smallest absolute Gasteiger partial charge is 0.408 e. The topological polar surface area (TPSA) is 186 Å². The number of ether oxygens (including phenoxy) is 2. The van der Waals surface area contributed by atoms with Crippen LogP contribution < -0.4 is 15.8 Å². The molecule has 12 nitrogen and oxygen atoms in total. The van der Waals surface area contributed by atoms with Crippen molar-refractivity contribution in [2.24, 2.45) is 10.7 Å². The summed E-state index contributed by atoms with van der Waals surface area (Å²) < 4.78 is 37.7. The number of rotatable bonds is 12. The number of nitrogens with zero attached hydrogens (tertiary/aromatic N) is 1. The van der Waals surface area contributed by atoms with Crippen molar-refractivity contribution in [3.05, 3.63) is 65.2 Å². The summed E-state index contributed by atoms with van der Waals surface area (Å²) in [4.78, 5) is 40.0. The van der Waals surface area contributed by atoms with Crippen LogP contribution in [0.4, 0.5) is 4.79 Å². The van der Waals surface area contributed by atoms with Gasteiger partial charge in [0.1, 0.15) is 18.2 Å². The zero-order chi connectivity index (χ0) is 29.9. The Morgan fingerprint density at radius 1 is 1.02 bits per heavy atom. The monoisotopic (exact) mass is 576 g/mol. The van der Waals surface area contributed by atoms with Gasteiger partial charge in [-0.3, -0.25) is 9.79 Å². The molecule has 0 spiro atoms. The highest BCUT2D eigenvalue weighted by atomic mass is 32.2. The van der Waals surface area contributed by atoms with Crippen molar-refractivity contribution in [2.75, 3.05) is 6.54 Å². The Labute approximate surface area is 234 Å². The summed E-state index contributed by atoms with van der Waals surface area (Å²) in [5, 5.41) is 11.4. The average molecular weight is 577 g/mol. The molecule has 1 atom stereocenters. The highest BCUT2D eigenvalue weighted by Gasteiger charge is 2.25. The lowest BCUT2D eigenvalue weighted by atomic mass is 10.1. The average Bonchev–Trinajstić information content (AvgIpc) is 2.83. The first kappa shape index (κ1) is 32.1. The van der Waals surface area contributed by atoms with Gasteiger partial charge in [-0.2, -0.15) is 0 Å². The third kappa shape index (κ3) is 11.7. The van der Waals surface area contributed by atoms with E-state index in [1.165, 1.54) is 12.1 Å². The van der Waals surface area contributed by atoms with Gasteiger partial charge in [-0.15, -0.1) is 0 Å². The van der Waals surface area contributed by atoms with Gasteiger partial charge in [-0.05, 0) is 63.8 Å². The molecular formula is C27H36N4O8S. The number of carboxylic acids is 1. The summed E-state index contributed by atoms with van der Waals surface area (Å²) >= 11 is 0. The summed E-state index contributed by atoms with van der Waals surface area (Å²) in [6.45, 7) is 6.86. The van der Waals surface area contributed by atoms with Crippen molar-refractivity contribution in [1.82, 2.24) is 10.0 Å². The lowest BCUT2D eigenvalue weighted by molar-refractivity contribution is -0.147. The molecule has 0 aliphatic heterocycles. The maximum Gasteiger partial charge on any atom is 0.408 e. The lowest BCUT2D eigenvalue weighted by Crippen LogP contribution is -2.44. The molecule has 2 aromatic rings. The molecule has 0 saturated heterocycles. The molecule has 13 heteroatoms. The minimum Gasteiger partial charge on any atom is -0.481 e. The van der Waals surface area contributed by atoms with E-state index < -0.39 is 39.7 Å². The molecule has 40 heavy (non-hydrogen) atoms. The molecule has 0 aromatic heterocycles. The number of sulfonamides is 1. The number of esters is 1. The number of hydrogen-bond donors (Lipinski definition) is 4. The van der Waals surface area contributed by atoms with Crippen molar-refractivity contribution in [2.45, 2.75) is 70.1 Å². The van der Waals surface area contributed by atoms with E-state index in [9.17, 15) is 22.8 Å². The molecule has 1 amide bonds. The number of aliphatic carboxylic acids is 1. The number of carboxylic acid groups (broad SMARTS) is 1. The number of hydrogen-bond acceptors (Lipinski definition) is 8. The number of alkyl carbamates (subject to hydrolysis) is 1. The molecule has 0 heterocycles. The minimum absolute atomic E-state index is 0.0390. The molecule has 5 N–H and O–H groups in total. The highest BCUT2D eigenvalue weighted by Crippen LogP contribution is 2.12. The number of aryl methyl sites for hydroxylation is 1. The van der Waals surface area contributed by atoms with Gasteiger partial charge in [-0.25, -0.2) is 22.7 Å². The van der Waals surface area contributed by atoms with Gasteiger partial charge in [-0.1, -0.05) is 42.0 Å². The molecule has 0 aliphatic rings. The molecule has 2 aromatic carbocycles. The normalized spacial score (nSPS) is 12.8. The van der Waals surface area contributed by atoms with Crippen LogP contribution in [0.5, 0.6) is 0 Å². The number of carbonyl (C=O) groups is 3. The van der Waals surface area contributed by atoms with Crippen LogP contribution >= 0.6 is 0 Å². The van der Waals surface area contributed by atoms with Crippen LogP contribution in [0.1, 0.15) is 50.3 Å². The summed E-state index contributed by atoms with van der Waals surface area (Å²) in [6.07, 6.45) is -0.562. The van der Waals surface area contributed by atoms with E-state index >= 15 is 0 Å². The van der Waals surface area contributed by atoms with Crippen molar-refractivity contribution < 1.29 is 37.4 Å². The largest absolute Gasteiger partial charge is 0.481 e. The van der Waals surface area contributed by atoms with Crippen LogP contribution in [-0.4, -0.2) is 55.7 Å². The van der Waals surface area contributed by atoms with Crippen LogP contribution in [0, 0.1) is 6.92 Å². The lowest BCUT2D eigenvalue weighted by Gasteiger charge is -2.23. The Hall–Kier alpha value is -4.13. The van der Waals surface area contributed by atoms with E-state index in [0.717, 1.165) is 5.56 Å². The van der Waals surface area contributed by atoms with Gasteiger partial charge in [0.25, 0.3) is 10.0 Å². The van der Waals surface area contributed by atoms with Gasteiger partial charge in [0.2, 0.25) is 5.96 Å². The first-order chi connectivity index (χ1) is 18.6. The third-order valence-corrected chi connectivity index (χ3v) is 6.61. The number of benzene rings is 2. The number of guanidine groups is 1. The first-order valence-electron chi connectivity index (χ1n) is 12.5. The van der Waals surface area contributed by atoms with Crippen molar-refractivity contribution >= 4 is 34.0 Å². The van der Waals surface area contributed by atoms with Crippen molar-refractivity contribution in [3.8, 4) is 0 Å². The van der Waals surface area contributed by atoms with Crippen molar-refractivity contribution in [1.29, 1.82) is 0 Å². The molecule has 2 rings (SSSR count). The van der Waals surface area contributed by atoms with Crippen LogP contribution in [0.15, 0.2) is 58.4 Å². The molecular weight excluding hydrogens is 540 g/mol. The van der Waals surface area contributed by atoms with E-state index in [4.69, 9.17) is 20.3 Å². The van der Waals surface area contributed by atoms with E-state index in [1.54, 1.807) is 57.2 Å². The second-order valence-corrected chi connectivity index (χ2v) is 11.7. The van der Waals surface area contributed by atoms with Crippen LogP contribution in [-0.2, 0) is 42.1 Å². The second-order valence-electron chi connectivity index (χ2n) is 10.0. The Morgan fingerprint density at radius 2 is 1.62 bits per heavy atom. The van der Waals surface area contributed by atoms with Gasteiger partial charge in [0.15, 0.2) is 0 Å². The van der Waals surface area contributed by atoms with E-state index in [0.29, 0.717) is 11.1 Å². The fraction of sp³-hybridized carbons (Fsp3) is 0.407. The molecule has 1 unspecified atom stereocenters. The van der Waals surface area contributed by atoms with Crippen LogP contribution in [0.3, 0.4) is 0 Å². The predicted octanol–water partition coefficient (Wildman–Crippen LogP) is 2.63. The molecule has 0 fully saturated rings. The number of nitrogens with two attached hydrogens (primary N) is 1. The fourth-order valence-corrected chi connectivity index (χ4v) is 4.28. The summed E-state index contributed by atoms with van der Waals surface area (Å²) in [5.41, 5.74) is 7.11. The zero-order valence-corrected chi connectivity index (χ0v) is 23.8. The SMILES string of the molecule is Cc1ccc(S(=O)(=O)NC(N)=NCCCC(NC(=O)OC(C)(C)C)C(=O)OCc2ccc(CC(=O)O)cc2)cc1. The summed E-state index contributed by atoms with van der Waals surface area (Å²) in [6, 6.07) is 11.7. The second kappa shape index (κ2) is 14.3. The fourth-order valence-electron chi connectivity index (χ4n) is 3.32. The zero-order valence-electron chi connectivity index (χ0n) is 23.0. The number of carbonyl (C=O) groups excluding carboxylic acids is 2. The predicted molar refractivity (Wildman–Crippen MR) is 148 cm³/mol. The quantitative estimate of drug-likeness (QED) is 0.127. The third-order valence-electron chi connectivity index (χ3n) is 5.24. The van der Waals surface area contributed by atoms with Gasteiger partial charge < -0.3 is 25.6 Å². The minimum atomic E-state index is -3.90. The van der Waals surface area contributed by atoms with E-state index in [-0.39, 0.29) is 43.3 Å². The molecule has 0 radical (unpaired) electrons. The van der Waals surface area contributed by atoms with Crippen LogP contribution in [0.2, 0.25) is 0 Å². The van der Waals surface area contributed by atoms with Gasteiger partial charge >= 0.3 is 18.0 Å². The Balaban J connectivity index is 1.98. The molecule has 0 saturated carbocycles. The number of nitrogens with one attached hydrogen (secondary N) is 2. The van der Waals surface area contributed by atoms with Crippen LogP contribution in [0.25, 0.3) is 0 Å². The first-order valence-corrected chi connectivity index (χ1v) is 14.0. The van der Waals surface area contributed by atoms with E-state index in [2.05, 4.69) is 15.0 Å². The van der Waals surface area contributed by atoms with E-state index in [1.807, 2.05) is 6.92 Å². The Kier molecular flexibility index (Phi) is 11.5. The standard InChI is InChI=1S/C27H36N4O8S/c1-18-7-13-21(14-8-18)40(36,37)31-25(28)29-15-5-6-22(30-26(35)39-27(2,3)4)24(34)38-17-20-11-9-19(10-12-20)16-23(32)33/h7-14,22H,5-6,15-17H2,1-4H3,(H,30,35)(H,32,33)(H3,28,29,31). The maximum absolute atomic E-state index is 12.8. The highest BCUT2D eigenvalue weighted by molar-refractivity contribution is 7.90. The Bertz CT molecular complexity index is 1300. The van der Waals surface area contributed by atoms with Gasteiger partial charge in [0, 0.05) is 6.54 Å². The maximum atomic E-state index is 12.8. The summed E-state index contributed by atoms with van der Waals surface area (Å²) in [5.74, 6) is -1.98. The number of amides is 1. The molecule has 218 valence electrons.